The Kier molecular flexibility index (Phi) is 6.42. The van der Waals surface area contributed by atoms with Gasteiger partial charge in [-0.1, -0.05) is 0 Å². The standard InChI is InChI=1S/C15H27N3OS/c1-11(15-12(2)18-13(3)20-15)17-7-4-10-19-14-5-8-16-9-6-14/h11,14,16-17H,4-10H2,1-3H3. The Bertz CT molecular complexity index is 402. The summed E-state index contributed by atoms with van der Waals surface area (Å²) in [4.78, 5) is 5.85. The quantitative estimate of drug-likeness (QED) is 0.759. The van der Waals surface area contributed by atoms with Crippen LogP contribution in [0.5, 0.6) is 0 Å². The van der Waals surface area contributed by atoms with E-state index in [-0.39, 0.29) is 0 Å². The lowest BCUT2D eigenvalue weighted by Gasteiger charge is -2.23. The van der Waals surface area contributed by atoms with Crippen molar-refractivity contribution in [2.45, 2.75) is 52.2 Å². The van der Waals surface area contributed by atoms with Gasteiger partial charge in [0.05, 0.1) is 16.8 Å². The first-order valence-corrected chi connectivity index (χ1v) is 8.48. The van der Waals surface area contributed by atoms with E-state index in [9.17, 15) is 0 Å². The Morgan fingerprint density at radius 2 is 2.15 bits per heavy atom. The van der Waals surface area contributed by atoms with Gasteiger partial charge in [-0.25, -0.2) is 4.98 Å². The van der Waals surface area contributed by atoms with Crippen LogP contribution in [0.15, 0.2) is 0 Å². The molecule has 1 aromatic rings. The van der Waals surface area contributed by atoms with Gasteiger partial charge in [-0.15, -0.1) is 11.3 Å². The molecule has 20 heavy (non-hydrogen) atoms. The van der Waals surface area contributed by atoms with Crippen molar-refractivity contribution < 1.29 is 4.74 Å². The molecule has 5 heteroatoms. The number of hydrogen-bond acceptors (Lipinski definition) is 5. The molecule has 1 saturated heterocycles. The van der Waals surface area contributed by atoms with Crippen LogP contribution in [0, 0.1) is 13.8 Å². The van der Waals surface area contributed by atoms with Crippen molar-refractivity contribution in [2.24, 2.45) is 0 Å². The van der Waals surface area contributed by atoms with E-state index < -0.39 is 0 Å². The summed E-state index contributed by atoms with van der Waals surface area (Å²) in [5.74, 6) is 0. The van der Waals surface area contributed by atoms with Crippen molar-refractivity contribution >= 4 is 11.3 Å². The van der Waals surface area contributed by atoms with Gasteiger partial charge in [-0.05, 0) is 59.7 Å². The minimum Gasteiger partial charge on any atom is -0.378 e. The zero-order valence-electron chi connectivity index (χ0n) is 12.9. The Hall–Kier alpha value is -0.490. The fourth-order valence-corrected chi connectivity index (χ4v) is 3.60. The van der Waals surface area contributed by atoms with E-state index in [0.29, 0.717) is 12.1 Å². The van der Waals surface area contributed by atoms with Gasteiger partial charge in [0.2, 0.25) is 0 Å². The van der Waals surface area contributed by atoms with E-state index in [1.165, 1.54) is 10.6 Å². The molecule has 4 nitrogen and oxygen atoms in total. The predicted octanol–water partition coefficient (Wildman–Crippen LogP) is 2.57. The summed E-state index contributed by atoms with van der Waals surface area (Å²) in [5.41, 5.74) is 1.17. The smallest absolute Gasteiger partial charge is 0.0900 e. The number of piperidine rings is 1. The van der Waals surface area contributed by atoms with Crippen LogP contribution >= 0.6 is 11.3 Å². The first-order chi connectivity index (χ1) is 9.66. The van der Waals surface area contributed by atoms with Crippen LogP contribution < -0.4 is 10.6 Å². The number of nitrogens with one attached hydrogen (secondary N) is 2. The first kappa shape index (κ1) is 15.9. The van der Waals surface area contributed by atoms with Crippen LogP contribution in [0.4, 0.5) is 0 Å². The van der Waals surface area contributed by atoms with Crippen LogP contribution in [-0.4, -0.2) is 37.3 Å². The molecule has 1 aliphatic heterocycles. The lowest BCUT2D eigenvalue weighted by atomic mass is 10.1. The molecule has 0 aromatic carbocycles. The van der Waals surface area contributed by atoms with Crippen LogP contribution in [0.25, 0.3) is 0 Å². The predicted molar refractivity (Wildman–Crippen MR) is 84.5 cm³/mol. The van der Waals surface area contributed by atoms with Crippen LogP contribution in [0.2, 0.25) is 0 Å². The number of aryl methyl sites for hydroxylation is 2. The number of nitrogens with zero attached hydrogens (tertiary/aromatic N) is 1. The van der Waals surface area contributed by atoms with Gasteiger partial charge in [-0.3, -0.25) is 0 Å². The Balaban J connectivity index is 1.59. The molecule has 0 radical (unpaired) electrons. The molecule has 0 spiro atoms. The minimum absolute atomic E-state index is 0.389. The Morgan fingerprint density at radius 3 is 2.80 bits per heavy atom. The third kappa shape index (κ3) is 4.81. The lowest BCUT2D eigenvalue weighted by Crippen LogP contribution is -2.33. The highest BCUT2D eigenvalue weighted by molar-refractivity contribution is 7.11. The monoisotopic (exact) mass is 297 g/mol. The normalized spacial score (nSPS) is 18.4. The van der Waals surface area contributed by atoms with Crippen LogP contribution in [0.3, 0.4) is 0 Å². The molecule has 2 heterocycles. The second-order valence-corrected chi connectivity index (χ2v) is 6.77. The maximum atomic E-state index is 5.91. The third-order valence-electron chi connectivity index (χ3n) is 3.74. The average molecular weight is 297 g/mol. The number of aromatic nitrogens is 1. The van der Waals surface area contributed by atoms with Crippen LogP contribution in [0.1, 0.15) is 47.8 Å². The zero-order valence-corrected chi connectivity index (χ0v) is 13.7. The van der Waals surface area contributed by atoms with E-state index in [1.807, 2.05) is 0 Å². The molecule has 1 atom stereocenters. The summed E-state index contributed by atoms with van der Waals surface area (Å²) >= 11 is 1.80. The molecule has 1 unspecified atom stereocenters. The topological polar surface area (TPSA) is 46.2 Å². The van der Waals surface area contributed by atoms with E-state index in [4.69, 9.17) is 4.74 Å². The number of rotatable bonds is 7. The van der Waals surface area contributed by atoms with Gasteiger partial charge in [-0.2, -0.15) is 0 Å². The van der Waals surface area contributed by atoms with Gasteiger partial charge in [0.25, 0.3) is 0 Å². The molecular weight excluding hydrogens is 270 g/mol. The summed E-state index contributed by atoms with van der Waals surface area (Å²) < 4.78 is 5.91. The fourth-order valence-electron chi connectivity index (χ4n) is 2.64. The van der Waals surface area contributed by atoms with Crippen molar-refractivity contribution in [2.75, 3.05) is 26.2 Å². The van der Waals surface area contributed by atoms with E-state index in [0.717, 1.165) is 50.5 Å². The summed E-state index contributed by atoms with van der Waals surface area (Å²) in [7, 11) is 0. The largest absolute Gasteiger partial charge is 0.378 e. The average Bonchev–Trinajstić information content (AvgIpc) is 2.78. The van der Waals surface area contributed by atoms with Gasteiger partial charge in [0, 0.05) is 17.5 Å². The molecule has 0 aliphatic carbocycles. The number of ether oxygens (including phenoxy) is 1. The molecule has 0 amide bonds. The fraction of sp³-hybridized carbons (Fsp3) is 0.800. The minimum atomic E-state index is 0.389. The van der Waals surface area contributed by atoms with Gasteiger partial charge in [0.15, 0.2) is 0 Å². The maximum Gasteiger partial charge on any atom is 0.0900 e. The molecule has 1 aromatic heterocycles. The van der Waals surface area contributed by atoms with Crippen molar-refractivity contribution in [1.82, 2.24) is 15.6 Å². The number of thiazole rings is 1. The van der Waals surface area contributed by atoms with Gasteiger partial charge >= 0.3 is 0 Å². The second-order valence-electron chi connectivity index (χ2n) is 5.53. The zero-order chi connectivity index (χ0) is 14.4. The van der Waals surface area contributed by atoms with Gasteiger partial charge < -0.3 is 15.4 Å². The summed E-state index contributed by atoms with van der Waals surface area (Å²) in [6.45, 7) is 10.5. The molecule has 0 saturated carbocycles. The molecule has 2 N–H and O–H groups in total. The lowest BCUT2D eigenvalue weighted by molar-refractivity contribution is 0.0316. The maximum absolute atomic E-state index is 5.91. The molecule has 1 aliphatic rings. The highest BCUT2D eigenvalue weighted by atomic mass is 32.1. The summed E-state index contributed by atoms with van der Waals surface area (Å²) in [5, 5.41) is 8.08. The molecular formula is C15H27N3OS. The highest BCUT2D eigenvalue weighted by Gasteiger charge is 2.14. The van der Waals surface area contributed by atoms with E-state index >= 15 is 0 Å². The highest BCUT2D eigenvalue weighted by Crippen LogP contribution is 2.24. The first-order valence-electron chi connectivity index (χ1n) is 7.66. The van der Waals surface area contributed by atoms with Crippen molar-refractivity contribution in [3.63, 3.8) is 0 Å². The summed E-state index contributed by atoms with van der Waals surface area (Å²) in [6, 6.07) is 0.389. The van der Waals surface area contributed by atoms with Crippen molar-refractivity contribution in [3.8, 4) is 0 Å². The molecule has 114 valence electrons. The molecule has 2 rings (SSSR count). The van der Waals surface area contributed by atoms with E-state index in [2.05, 4.69) is 36.4 Å². The van der Waals surface area contributed by atoms with Crippen molar-refractivity contribution in [3.05, 3.63) is 15.6 Å². The summed E-state index contributed by atoms with van der Waals surface area (Å²) in [6.07, 6.45) is 3.86. The third-order valence-corrected chi connectivity index (χ3v) is 5.00. The van der Waals surface area contributed by atoms with Crippen molar-refractivity contribution in [1.29, 1.82) is 0 Å². The van der Waals surface area contributed by atoms with E-state index in [1.54, 1.807) is 11.3 Å². The molecule has 1 fully saturated rings. The molecule has 0 bridgehead atoms. The second kappa shape index (κ2) is 8.08. The SMILES string of the molecule is Cc1nc(C)c(C(C)NCCCOC2CCNCC2)s1. The number of hydrogen-bond donors (Lipinski definition) is 2. The van der Waals surface area contributed by atoms with Gasteiger partial charge in [0.1, 0.15) is 0 Å². The van der Waals surface area contributed by atoms with Crippen LogP contribution in [-0.2, 0) is 4.74 Å². The Morgan fingerprint density at radius 1 is 1.40 bits per heavy atom. The Labute approximate surface area is 126 Å².